The number of carbonyl (C=O) groups excluding carboxylic acids is 3. The number of rotatable bonds is 9. The minimum absolute atomic E-state index is 0.0620. The number of amides is 1. The highest BCUT2D eigenvalue weighted by atomic mass is 16.5. The first kappa shape index (κ1) is 20.1. The van der Waals surface area contributed by atoms with Gasteiger partial charge in [0.05, 0.1) is 11.8 Å². The lowest BCUT2D eigenvalue weighted by Crippen LogP contribution is -2.45. The SMILES string of the molecule is CC(C)OC(=O)[C@H](CCC(=O)C=[N+]=[N-])NC(=O)[C@@H](O)c1ccncn1. The van der Waals surface area contributed by atoms with E-state index >= 15 is 0 Å². The first-order chi connectivity index (χ1) is 11.8. The maximum atomic E-state index is 12.1. The van der Waals surface area contributed by atoms with Gasteiger partial charge in [-0.2, -0.15) is 4.79 Å². The number of ketones is 1. The Morgan fingerprint density at radius 3 is 2.72 bits per heavy atom. The average molecular weight is 349 g/mol. The van der Waals surface area contributed by atoms with Gasteiger partial charge in [0.25, 0.3) is 5.91 Å². The van der Waals surface area contributed by atoms with Gasteiger partial charge in [-0.05, 0) is 26.3 Å². The number of esters is 1. The van der Waals surface area contributed by atoms with Crippen molar-refractivity contribution in [3.05, 3.63) is 29.8 Å². The smallest absolute Gasteiger partial charge is 0.328 e. The van der Waals surface area contributed by atoms with E-state index in [0.717, 1.165) is 0 Å². The van der Waals surface area contributed by atoms with Crippen molar-refractivity contribution in [3.63, 3.8) is 0 Å². The topological polar surface area (TPSA) is 155 Å². The molecule has 1 aromatic rings. The molecular formula is C15H19N5O5. The molecule has 0 fully saturated rings. The number of ether oxygens (including phenoxy) is 1. The number of aliphatic hydroxyl groups is 1. The molecule has 0 aromatic carbocycles. The molecule has 0 aliphatic heterocycles. The van der Waals surface area contributed by atoms with Gasteiger partial charge < -0.3 is 20.7 Å². The highest BCUT2D eigenvalue weighted by Crippen LogP contribution is 2.10. The van der Waals surface area contributed by atoms with Crippen molar-refractivity contribution in [2.24, 2.45) is 0 Å². The molecule has 10 heteroatoms. The van der Waals surface area contributed by atoms with Gasteiger partial charge >= 0.3 is 12.2 Å². The van der Waals surface area contributed by atoms with Crippen LogP contribution in [0, 0.1) is 0 Å². The number of Topliss-reactive ketones (excluding diaryl/α,β-unsaturated/α-hetero) is 1. The first-order valence-corrected chi connectivity index (χ1v) is 7.50. The molecule has 10 nitrogen and oxygen atoms in total. The van der Waals surface area contributed by atoms with Gasteiger partial charge in [0, 0.05) is 12.6 Å². The Morgan fingerprint density at radius 2 is 2.16 bits per heavy atom. The van der Waals surface area contributed by atoms with Gasteiger partial charge in [0.1, 0.15) is 12.4 Å². The number of nitrogens with one attached hydrogen (secondary N) is 1. The summed E-state index contributed by atoms with van der Waals surface area (Å²) in [6.45, 7) is 3.27. The fourth-order valence-electron chi connectivity index (χ4n) is 1.83. The number of hydrogen-bond acceptors (Lipinski definition) is 7. The van der Waals surface area contributed by atoms with E-state index in [0.29, 0.717) is 6.21 Å². The summed E-state index contributed by atoms with van der Waals surface area (Å²) >= 11 is 0. The van der Waals surface area contributed by atoms with Crippen molar-refractivity contribution in [2.75, 3.05) is 0 Å². The molecule has 0 unspecified atom stereocenters. The maximum absolute atomic E-state index is 12.1. The molecule has 0 aliphatic carbocycles. The van der Waals surface area contributed by atoms with Crippen LogP contribution in [0.5, 0.6) is 0 Å². The maximum Gasteiger partial charge on any atom is 0.328 e. The number of hydrogen-bond donors (Lipinski definition) is 2. The monoisotopic (exact) mass is 349 g/mol. The molecule has 2 N–H and O–H groups in total. The summed E-state index contributed by atoms with van der Waals surface area (Å²) < 4.78 is 5.04. The van der Waals surface area contributed by atoms with E-state index in [9.17, 15) is 19.5 Å². The van der Waals surface area contributed by atoms with Gasteiger partial charge in [0.15, 0.2) is 6.10 Å². The van der Waals surface area contributed by atoms with Gasteiger partial charge in [-0.1, -0.05) is 0 Å². The molecule has 134 valence electrons. The summed E-state index contributed by atoms with van der Waals surface area (Å²) in [6.07, 6.45) is 0.951. The molecule has 0 saturated carbocycles. The third-order valence-corrected chi connectivity index (χ3v) is 2.97. The standard InChI is InChI=1S/C15H19N5O5/c1-9(2)25-15(24)12(4-3-10(21)7-19-16)20-14(23)13(22)11-5-6-17-8-18-11/h5-9,12-13,22H,3-4H2,1-2H3,(H,20,23)/t12-,13-/m0/s1. The third kappa shape index (κ3) is 6.98. The van der Waals surface area contributed by atoms with Crippen LogP contribution in [0.4, 0.5) is 0 Å². The molecule has 0 aliphatic rings. The third-order valence-electron chi connectivity index (χ3n) is 2.97. The molecule has 1 rings (SSSR count). The van der Waals surface area contributed by atoms with Crippen molar-refractivity contribution in [1.82, 2.24) is 15.3 Å². The van der Waals surface area contributed by atoms with Crippen molar-refractivity contribution in [2.45, 2.75) is 44.9 Å². The van der Waals surface area contributed by atoms with E-state index in [1.54, 1.807) is 13.8 Å². The van der Waals surface area contributed by atoms with Crippen LogP contribution < -0.4 is 5.32 Å². The van der Waals surface area contributed by atoms with E-state index in [1.807, 2.05) is 0 Å². The summed E-state index contributed by atoms with van der Waals surface area (Å²) in [5.74, 6) is -2.14. The normalized spacial score (nSPS) is 12.6. The molecule has 0 bridgehead atoms. The summed E-state index contributed by atoms with van der Waals surface area (Å²) in [4.78, 5) is 45.6. The van der Waals surface area contributed by atoms with Crippen LogP contribution in [-0.2, 0) is 19.1 Å². The lowest BCUT2D eigenvalue weighted by atomic mass is 10.1. The van der Waals surface area contributed by atoms with Gasteiger partial charge in [0.2, 0.25) is 5.78 Å². The highest BCUT2D eigenvalue weighted by Gasteiger charge is 2.28. The molecule has 0 radical (unpaired) electrons. The summed E-state index contributed by atoms with van der Waals surface area (Å²) in [7, 11) is 0. The molecule has 1 amide bonds. The molecule has 0 spiro atoms. The van der Waals surface area contributed by atoms with E-state index in [1.165, 1.54) is 18.6 Å². The van der Waals surface area contributed by atoms with Gasteiger partial charge in [-0.25, -0.2) is 14.8 Å². The van der Waals surface area contributed by atoms with Crippen LogP contribution in [0.25, 0.3) is 5.53 Å². The number of carbonyl (C=O) groups is 3. The molecule has 1 heterocycles. The van der Waals surface area contributed by atoms with Crippen LogP contribution in [0.3, 0.4) is 0 Å². The number of aromatic nitrogens is 2. The zero-order chi connectivity index (χ0) is 18.8. The molecule has 2 atom stereocenters. The van der Waals surface area contributed by atoms with Crippen LogP contribution in [0.2, 0.25) is 0 Å². The Bertz CT molecular complexity index is 658. The second-order valence-electron chi connectivity index (χ2n) is 5.33. The molecule has 0 saturated heterocycles. The van der Waals surface area contributed by atoms with Crippen LogP contribution in [0.1, 0.15) is 38.5 Å². The Morgan fingerprint density at radius 1 is 1.44 bits per heavy atom. The second-order valence-corrected chi connectivity index (χ2v) is 5.33. The zero-order valence-electron chi connectivity index (χ0n) is 13.8. The molecular weight excluding hydrogens is 330 g/mol. The van der Waals surface area contributed by atoms with E-state index < -0.39 is 35.9 Å². The second kappa shape index (κ2) is 10.0. The van der Waals surface area contributed by atoms with Crippen molar-refractivity contribution >= 4 is 23.9 Å². The molecule has 1 aromatic heterocycles. The lowest BCUT2D eigenvalue weighted by molar-refractivity contribution is -0.152. The summed E-state index contributed by atoms with van der Waals surface area (Å²) in [5.41, 5.74) is 8.38. The quantitative estimate of drug-likeness (QED) is 0.266. The van der Waals surface area contributed by atoms with Gasteiger partial charge in [-0.15, -0.1) is 0 Å². The minimum Gasteiger partial charge on any atom is -0.461 e. The predicted molar refractivity (Wildman–Crippen MR) is 84.1 cm³/mol. The lowest BCUT2D eigenvalue weighted by Gasteiger charge is -2.20. The first-order valence-electron chi connectivity index (χ1n) is 7.50. The van der Waals surface area contributed by atoms with Crippen LogP contribution in [0.15, 0.2) is 18.6 Å². The number of aliphatic hydroxyl groups excluding tert-OH is 1. The summed E-state index contributed by atoms with van der Waals surface area (Å²) in [5, 5.41) is 12.3. The van der Waals surface area contributed by atoms with Crippen molar-refractivity contribution in [1.29, 1.82) is 0 Å². The highest BCUT2D eigenvalue weighted by molar-refractivity contribution is 6.25. The van der Waals surface area contributed by atoms with E-state index in [-0.39, 0.29) is 18.5 Å². The van der Waals surface area contributed by atoms with E-state index in [2.05, 4.69) is 20.1 Å². The largest absolute Gasteiger partial charge is 0.461 e. The Hall–Kier alpha value is -2.97. The average Bonchev–Trinajstić information content (AvgIpc) is 2.58. The Labute approximate surface area is 143 Å². The van der Waals surface area contributed by atoms with Crippen molar-refractivity contribution in [3.8, 4) is 0 Å². The number of nitrogens with zero attached hydrogens (tertiary/aromatic N) is 4. The Balaban J connectivity index is 2.80. The minimum atomic E-state index is -1.60. The van der Waals surface area contributed by atoms with Crippen LogP contribution in [-0.4, -0.2) is 55.9 Å². The summed E-state index contributed by atoms with van der Waals surface area (Å²) in [6, 6.07) is 0.204. The fourth-order valence-corrected chi connectivity index (χ4v) is 1.83. The van der Waals surface area contributed by atoms with Gasteiger partial charge in [-0.3, -0.25) is 9.59 Å². The van der Waals surface area contributed by atoms with Crippen LogP contribution >= 0.6 is 0 Å². The Kier molecular flexibility index (Phi) is 8.04. The fraction of sp³-hybridized carbons (Fsp3) is 0.467. The predicted octanol–water partition coefficient (Wildman–Crippen LogP) is -0.404. The van der Waals surface area contributed by atoms with E-state index in [4.69, 9.17) is 10.3 Å². The van der Waals surface area contributed by atoms with Crippen molar-refractivity contribution < 1.29 is 29.0 Å². The molecule has 25 heavy (non-hydrogen) atoms. The zero-order valence-corrected chi connectivity index (χ0v) is 13.8.